The molecule has 0 aliphatic heterocycles. The highest BCUT2D eigenvalue weighted by Crippen LogP contribution is 2.23. The van der Waals surface area contributed by atoms with Crippen LogP contribution in [0.15, 0.2) is 31.1 Å². The van der Waals surface area contributed by atoms with Crippen LogP contribution in [0.25, 0.3) is 17.2 Å². The summed E-state index contributed by atoms with van der Waals surface area (Å²) in [6.07, 6.45) is 4.81. The largest absolute Gasteiger partial charge is 0.242 e. The lowest BCUT2D eigenvalue weighted by Gasteiger charge is -2.09. The van der Waals surface area contributed by atoms with Crippen LogP contribution in [0.3, 0.4) is 0 Å². The molecule has 0 aliphatic carbocycles. The molecule has 132 valence electrons. The molecule has 0 aromatic carbocycles. The lowest BCUT2D eigenvalue weighted by molar-refractivity contribution is 0.536. The van der Waals surface area contributed by atoms with Crippen molar-refractivity contribution in [3.63, 3.8) is 0 Å². The molecule has 0 spiro atoms. The van der Waals surface area contributed by atoms with Crippen molar-refractivity contribution in [2.24, 2.45) is 0 Å². The molecule has 2 heterocycles. The first kappa shape index (κ1) is 19.9. The molecule has 0 fully saturated rings. The van der Waals surface area contributed by atoms with Crippen LogP contribution in [0.4, 0.5) is 0 Å². The van der Waals surface area contributed by atoms with E-state index in [0.717, 1.165) is 41.3 Å². The van der Waals surface area contributed by atoms with E-state index in [1.165, 1.54) is 6.42 Å². The molecule has 5 heteroatoms. The van der Waals surface area contributed by atoms with Crippen LogP contribution in [0, 0.1) is 0 Å². The van der Waals surface area contributed by atoms with Crippen molar-refractivity contribution in [2.45, 2.75) is 66.8 Å². The summed E-state index contributed by atoms with van der Waals surface area (Å²) in [4.78, 5) is 4.35. The molecule has 0 atom stereocenters. The van der Waals surface area contributed by atoms with Gasteiger partial charge in [-0.05, 0) is 38.8 Å². The summed E-state index contributed by atoms with van der Waals surface area (Å²) in [7, 11) is 0. The van der Waals surface area contributed by atoms with Crippen molar-refractivity contribution >= 4 is 5.70 Å². The molecule has 2 aromatic heterocycles. The number of hydrogen-bond donors (Lipinski definition) is 0. The SMILES string of the molecule is C=C(C)C(=C)n1nc(-c2ncnn2C(C)C)cc1CCC.CCC. The zero-order valence-corrected chi connectivity index (χ0v) is 16.0. The van der Waals surface area contributed by atoms with Crippen LogP contribution >= 0.6 is 0 Å². The van der Waals surface area contributed by atoms with Crippen molar-refractivity contribution in [2.75, 3.05) is 0 Å². The van der Waals surface area contributed by atoms with Crippen molar-refractivity contribution in [3.05, 3.63) is 36.8 Å². The Hall–Kier alpha value is -2.17. The first-order valence-corrected chi connectivity index (χ1v) is 8.71. The first-order chi connectivity index (χ1) is 11.4. The fraction of sp³-hybridized carbons (Fsp3) is 0.526. The summed E-state index contributed by atoms with van der Waals surface area (Å²) in [6.45, 7) is 20.5. The molecular formula is C19H31N5. The highest BCUT2D eigenvalue weighted by atomic mass is 15.4. The zero-order valence-electron chi connectivity index (χ0n) is 16.0. The van der Waals surface area contributed by atoms with Crippen molar-refractivity contribution in [3.8, 4) is 11.5 Å². The topological polar surface area (TPSA) is 48.5 Å². The van der Waals surface area contributed by atoms with Crippen LogP contribution in [0.5, 0.6) is 0 Å². The molecule has 0 aliphatic rings. The molecule has 0 saturated heterocycles. The number of rotatable bonds is 6. The second-order valence-corrected chi connectivity index (χ2v) is 6.24. The van der Waals surface area contributed by atoms with E-state index in [4.69, 9.17) is 0 Å². The molecule has 5 nitrogen and oxygen atoms in total. The van der Waals surface area contributed by atoms with Crippen LogP contribution in [-0.4, -0.2) is 24.5 Å². The van der Waals surface area contributed by atoms with Gasteiger partial charge >= 0.3 is 0 Å². The molecule has 0 radical (unpaired) electrons. The third-order valence-electron chi connectivity index (χ3n) is 3.33. The summed E-state index contributed by atoms with van der Waals surface area (Å²) in [6, 6.07) is 2.31. The standard InChI is InChI=1S/C16H23N5.C3H8/c1-7-8-14-9-15(19-21(14)13(6)11(2)3)16-17-10-18-20(16)12(4)5;1-3-2/h9-10,12H,2,6-8H2,1,3-5H3;3H2,1-2H3. The van der Waals surface area contributed by atoms with E-state index >= 15 is 0 Å². The van der Waals surface area contributed by atoms with Gasteiger partial charge in [0.05, 0.1) is 5.70 Å². The quantitative estimate of drug-likeness (QED) is 0.690. The molecular weight excluding hydrogens is 298 g/mol. The normalized spacial score (nSPS) is 10.5. The number of nitrogens with zero attached hydrogens (tertiary/aromatic N) is 5. The molecule has 0 N–H and O–H groups in total. The Morgan fingerprint density at radius 2 is 1.83 bits per heavy atom. The molecule has 24 heavy (non-hydrogen) atoms. The predicted octanol–water partition coefficient (Wildman–Crippen LogP) is 5.14. The van der Waals surface area contributed by atoms with E-state index in [1.807, 2.05) is 16.3 Å². The highest BCUT2D eigenvalue weighted by Gasteiger charge is 2.17. The average molecular weight is 329 g/mol. The van der Waals surface area contributed by atoms with Gasteiger partial charge < -0.3 is 0 Å². The minimum Gasteiger partial charge on any atom is -0.242 e. The Kier molecular flexibility index (Phi) is 7.62. The summed E-state index contributed by atoms with van der Waals surface area (Å²) in [5, 5.41) is 8.94. The Morgan fingerprint density at radius 1 is 1.21 bits per heavy atom. The first-order valence-electron chi connectivity index (χ1n) is 8.71. The number of allylic oxidation sites excluding steroid dienone is 2. The summed E-state index contributed by atoms with van der Waals surface area (Å²) >= 11 is 0. The van der Waals surface area contributed by atoms with Crippen LogP contribution < -0.4 is 0 Å². The maximum absolute atomic E-state index is 4.67. The van der Waals surface area contributed by atoms with Crippen molar-refractivity contribution in [1.29, 1.82) is 0 Å². The second kappa shape index (κ2) is 9.21. The van der Waals surface area contributed by atoms with Crippen LogP contribution in [0.2, 0.25) is 0 Å². The Balaban J connectivity index is 0.000000891. The maximum atomic E-state index is 4.67. The van der Waals surface area contributed by atoms with Gasteiger partial charge in [-0.25, -0.2) is 14.3 Å². The van der Waals surface area contributed by atoms with E-state index in [-0.39, 0.29) is 6.04 Å². The molecule has 0 unspecified atom stereocenters. The van der Waals surface area contributed by atoms with Gasteiger partial charge in [-0.2, -0.15) is 10.2 Å². The van der Waals surface area contributed by atoms with Crippen molar-refractivity contribution in [1.82, 2.24) is 24.5 Å². The Bertz CT molecular complexity index is 676. The number of aromatic nitrogens is 5. The zero-order chi connectivity index (χ0) is 18.3. The van der Waals surface area contributed by atoms with Gasteiger partial charge in [0, 0.05) is 11.7 Å². The van der Waals surface area contributed by atoms with Crippen molar-refractivity contribution < 1.29 is 0 Å². The fourth-order valence-electron chi connectivity index (χ4n) is 2.19. The van der Waals surface area contributed by atoms with Gasteiger partial charge in [0.1, 0.15) is 12.0 Å². The molecule has 0 bridgehead atoms. The van der Waals surface area contributed by atoms with E-state index in [9.17, 15) is 0 Å². The minimum absolute atomic E-state index is 0.242. The van der Waals surface area contributed by atoms with Crippen LogP contribution in [0.1, 0.15) is 66.1 Å². The smallest absolute Gasteiger partial charge is 0.178 e. The lowest BCUT2D eigenvalue weighted by atomic mass is 10.2. The van der Waals surface area contributed by atoms with Gasteiger partial charge in [0.2, 0.25) is 0 Å². The summed E-state index contributed by atoms with van der Waals surface area (Å²) in [5.74, 6) is 0.788. The van der Waals surface area contributed by atoms with E-state index in [1.54, 1.807) is 6.33 Å². The maximum Gasteiger partial charge on any atom is 0.178 e. The Morgan fingerprint density at radius 3 is 2.33 bits per heavy atom. The molecule has 2 rings (SSSR count). The van der Waals surface area contributed by atoms with Gasteiger partial charge in [0.15, 0.2) is 5.82 Å². The number of aryl methyl sites for hydroxylation is 1. The van der Waals surface area contributed by atoms with E-state index in [0.29, 0.717) is 0 Å². The summed E-state index contributed by atoms with van der Waals surface area (Å²) < 4.78 is 3.76. The second-order valence-electron chi connectivity index (χ2n) is 6.24. The van der Waals surface area contributed by atoms with Gasteiger partial charge in [-0.3, -0.25) is 0 Å². The van der Waals surface area contributed by atoms with Crippen LogP contribution in [-0.2, 0) is 6.42 Å². The van der Waals surface area contributed by atoms with Gasteiger partial charge in [-0.1, -0.05) is 46.8 Å². The monoisotopic (exact) mass is 329 g/mol. The Labute approximate surface area is 146 Å². The third kappa shape index (κ3) is 4.66. The highest BCUT2D eigenvalue weighted by molar-refractivity contribution is 5.62. The van der Waals surface area contributed by atoms with Gasteiger partial charge in [-0.15, -0.1) is 0 Å². The molecule has 0 saturated carbocycles. The predicted molar refractivity (Wildman–Crippen MR) is 102 cm³/mol. The molecule has 0 amide bonds. The molecule has 2 aromatic rings. The number of hydrogen-bond acceptors (Lipinski definition) is 3. The minimum atomic E-state index is 0.242. The average Bonchev–Trinajstić information content (AvgIpc) is 3.13. The fourth-order valence-corrected chi connectivity index (χ4v) is 2.19. The van der Waals surface area contributed by atoms with E-state index < -0.39 is 0 Å². The summed E-state index contributed by atoms with van der Waals surface area (Å²) in [5.41, 5.74) is 3.68. The third-order valence-corrected chi connectivity index (χ3v) is 3.33. The van der Waals surface area contributed by atoms with E-state index in [2.05, 4.69) is 69.0 Å². The van der Waals surface area contributed by atoms with Gasteiger partial charge in [0.25, 0.3) is 0 Å². The lowest BCUT2D eigenvalue weighted by Crippen LogP contribution is -2.06.